The zero-order chi connectivity index (χ0) is 19.2. The Morgan fingerprint density at radius 2 is 1.89 bits per heavy atom. The van der Waals surface area contributed by atoms with Gasteiger partial charge in [-0.25, -0.2) is 0 Å². The minimum atomic E-state index is -0.477. The van der Waals surface area contributed by atoms with Crippen molar-refractivity contribution in [1.82, 2.24) is 5.32 Å². The van der Waals surface area contributed by atoms with Gasteiger partial charge in [0.15, 0.2) is 6.61 Å². The third-order valence-electron chi connectivity index (χ3n) is 4.31. The Hall–Kier alpha value is -3.28. The number of furan rings is 1. The molecule has 3 rings (SSSR count). The number of benzene rings is 2. The van der Waals surface area contributed by atoms with Crippen molar-refractivity contribution in [1.29, 1.82) is 0 Å². The van der Waals surface area contributed by atoms with Gasteiger partial charge in [0.05, 0.1) is 25.8 Å². The summed E-state index contributed by atoms with van der Waals surface area (Å²) in [7, 11) is 1.62. The van der Waals surface area contributed by atoms with Crippen molar-refractivity contribution in [2.45, 2.75) is 19.4 Å². The molecule has 0 aliphatic rings. The van der Waals surface area contributed by atoms with Crippen LogP contribution in [-0.2, 0) is 20.9 Å². The molecule has 0 saturated heterocycles. The second-order valence-electron chi connectivity index (χ2n) is 6.16. The van der Waals surface area contributed by atoms with Crippen LogP contribution < -0.4 is 10.1 Å². The van der Waals surface area contributed by atoms with Crippen LogP contribution in [-0.4, -0.2) is 25.6 Å². The number of ether oxygens (including phenoxy) is 2. The highest BCUT2D eigenvalue weighted by molar-refractivity contribution is 5.87. The van der Waals surface area contributed by atoms with E-state index in [0.29, 0.717) is 5.76 Å². The molecule has 0 aliphatic heterocycles. The lowest BCUT2D eigenvalue weighted by Crippen LogP contribution is -2.29. The predicted molar refractivity (Wildman–Crippen MR) is 100 cm³/mol. The average Bonchev–Trinajstić information content (AvgIpc) is 3.22. The monoisotopic (exact) mass is 367 g/mol. The second-order valence-corrected chi connectivity index (χ2v) is 6.16. The minimum absolute atomic E-state index is 0.257. The molecule has 0 aliphatic carbocycles. The summed E-state index contributed by atoms with van der Waals surface area (Å²) < 4.78 is 15.5. The maximum Gasteiger partial charge on any atom is 0.313 e. The summed E-state index contributed by atoms with van der Waals surface area (Å²) in [6.07, 6.45) is 1.53. The molecule has 1 amide bonds. The Labute approximate surface area is 157 Å². The van der Waals surface area contributed by atoms with Crippen LogP contribution >= 0.6 is 0 Å². The molecule has 6 heteroatoms. The van der Waals surface area contributed by atoms with E-state index in [1.807, 2.05) is 36.4 Å². The Morgan fingerprint density at radius 1 is 1.11 bits per heavy atom. The summed E-state index contributed by atoms with van der Waals surface area (Å²) in [6.45, 7) is 1.69. The van der Waals surface area contributed by atoms with E-state index in [2.05, 4.69) is 5.32 Å². The Kier molecular flexibility index (Phi) is 5.76. The van der Waals surface area contributed by atoms with E-state index in [1.165, 1.54) is 6.26 Å². The molecule has 1 N–H and O–H groups in total. The van der Waals surface area contributed by atoms with Gasteiger partial charge in [-0.15, -0.1) is 0 Å². The van der Waals surface area contributed by atoms with Crippen molar-refractivity contribution in [3.05, 3.63) is 66.1 Å². The van der Waals surface area contributed by atoms with E-state index in [4.69, 9.17) is 13.9 Å². The third kappa shape index (κ3) is 4.67. The standard InChI is InChI=1S/C21H21NO5/c1-14(15-5-6-17-11-18(25-2)8-7-16(17)10-15)21(24)27-13-20(23)22-12-19-4-3-9-26-19/h3-11,14H,12-13H2,1-2H3,(H,22,23). The van der Waals surface area contributed by atoms with Crippen LogP contribution in [0.1, 0.15) is 24.2 Å². The molecule has 3 aromatic rings. The van der Waals surface area contributed by atoms with Gasteiger partial charge in [0, 0.05) is 0 Å². The number of amides is 1. The van der Waals surface area contributed by atoms with E-state index >= 15 is 0 Å². The predicted octanol–water partition coefficient (Wildman–Crippen LogP) is 3.40. The zero-order valence-electron chi connectivity index (χ0n) is 15.2. The van der Waals surface area contributed by atoms with Crippen LogP contribution in [0.5, 0.6) is 5.75 Å². The first-order valence-corrected chi connectivity index (χ1v) is 8.60. The molecule has 0 saturated carbocycles. The number of hydrogen-bond acceptors (Lipinski definition) is 5. The lowest BCUT2D eigenvalue weighted by atomic mass is 9.98. The highest BCUT2D eigenvalue weighted by Crippen LogP contribution is 2.25. The molecule has 0 bridgehead atoms. The maximum absolute atomic E-state index is 12.3. The van der Waals surface area contributed by atoms with Gasteiger partial charge in [-0.1, -0.05) is 24.3 Å². The molecule has 140 valence electrons. The quantitative estimate of drug-likeness (QED) is 0.648. The Bertz CT molecular complexity index is 933. The van der Waals surface area contributed by atoms with Gasteiger partial charge in [-0.05, 0) is 47.5 Å². The van der Waals surface area contributed by atoms with Crippen molar-refractivity contribution in [3.63, 3.8) is 0 Å². The molecule has 1 unspecified atom stereocenters. The molecule has 0 radical (unpaired) electrons. The van der Waals surface area contributed by atoms with Crippen LogP contribution in [0.2, 0.25) is 0 Å². The van der Waals surface area contributed by atoms with Crippen molar-refractivity contribution >= 4 is 22.6 Å². The molecule has 1 atom stereocenters. The first-order valence-electron chi connectivity index (χ1n) is 8.60. The minimum Gasteiger partial charge on any atom is -0.497 e. The highest BCUT2D eigenvalue weighted by atomic mass is 16.5. The smallest absolute Gasteiger partial charge is 0.313 e. The summed E-state index contributed by atoms with van der Waals surface area (Å²) in [4.78, 5) is 24.1. The SMILES string of the molecule is COc1ccc2cc(C(C)C(=O)OCC(=O)NCc3ccco3)ccc2c1. The van der Waals surface area contributed by atoms with E-state index in [0.717, 1.165) is 22.1 Å². The molecule has 6 nitrogen and oxygen atoms in total. The summed E-state index contributed by atoms with van der Waals surface area (Å²) in [5, 5.41) is 4.66. The number of esters is 1. The summed E-state index contributed by atoms with van der Waals surface area (Å²) in [5.74, 6) is 0.113. The van der Waals surface area contributed by atoms with Crippen LogP contribution in [0.4, 0.5) is 0 Å². The number of rotatable bonds is 7. The Balaban J connectivity index is 1.56. The fourth-order valence-corrected chi connectivity index (χ4v) is 2.69. The van der Waals surface area contributed by atoms with Crippen LogP contribution in [0.25, 0.3) is 10.8 Å². The number of fused-ring (bicyclic) bond motifs is 1. The van der Waals surface area contributed by atoms with Gasteiger partial charge < -0.3 is 19.2 Å². The fraction of sp³-hybridized carbons (Fsp3) is 0.238. The van der Waals surface area contributed by atoms with Gasteiger partial charge >= 0.3 is 5.97 Å². The number of carbonyl (C=O) groups excluding carboxylic acids is 2. The summed E-state index contributed by atoms with van der Waals surface area (Å²) >= 11 is 0. The molecular weight excluding hydrogens is 346 g/mol. The maximum atomic E-state index is 12.3. The van der Waals surface area contributed by atoms with Crippen molar-refractivity contribution in [2.75, 3.05) is 13.7 Å². The summed E-state index contributed by atoms with van der Waals surface area (Å²) in [5.41, 5.74) is 0.827. The van der Waals surface area contributed by atoms with Gasteiger partial charge in [-0.2, -0.15) is 0 Å². The summed E-state index contributed by atoms with van der Waals surface area (Å²) in [6, 6.07) is 15.0. The fourth-order valence-electron chi connectivity index (χ4n) is 2.69. The third-order valence-corrected chi connectivity index (χ3v) is 4.31. The normalized spacial score (nSPS) is 11.8. The lowest BCUT2D eigenvalue weighted by molar-refractivity contribution is -0.149. The van der Waals surface area contributed by atoms with Crippen molar-refractivity contribution < 1.29 is 23.5 Å². The van der Waals surface area contributed by atoms with Crippen LogP contribution in [0.15, 0.2) is 59.2 Å². The first kappa shape index (κ1) is 18.5. The van der Waals surface area contributed by atoms with Gasteiger partial charge in [0.1, 0.15) is 11.5 Å². The van der Waals surface area contributed by atoms with E-state index in [1.54, 1.807) is 26.2 Å². The molecule has 2 aromatic carbocycles. The first-order chi connectivity index (χ1) is 13.1. The van der Waals surface area contributed by atoms with E-state index in [-0.39, 0.29) is 19.1 Å². The van der Waals surface area contributed by atoms with Crippen LogP contribution in [0, 0.1) is 0 Å². The lowest BCUT2D eigenvalue weighted by Gasteiger charge is -2.13. The number of carbonyl (C=O) groups is 2. The molecule has 0 fully saturated rings. The highest BCUT2D eigenvalue weighted by Gasteiger charge is 2.18. The number of methoxy groups -OCH3 is 1. The molecular formula is C21H21NO5. The second kappa shape index (κ2) is 8.40. The molecule has 0 spiro atoms. The number of hydrogen-bond donors (Lipinski definition) is 1. The Morgan fingerprint density at radius 3 is 2.63 bits per heavy atom. The van der Waals surface area contributed by atoms with Gasteiger partial charge in [-0.3, -0.25) is 9.59 Å². The van der Waals surface area contributed by atoms with Gasteiger partial charge in [0.2, 0.25) is 0 Å². The van der Waals surface area contributed by atoms with Crippen molar-refractivity contribution in [3.8, 4) is 5.75 Å². The topological polar surface area (TPSA) is 77.8 Å². The number of nitrogens with one attached hydrogen (secondary N) is 1. The van der Waals surface area contributed by atoms with Gasteiger partial charge in [0.25, 0.3) is 5.91 Å². The molecule has 27 heavy (non-hydrogen) atoms. The zero-order valence-corrected chi connectivity index (χ0v) is 15.2. The average molecular weight is 367 g/mol. The van der Waals surface area contributed by atoms with Crippen LogP contribution in [0.3, 0.4) is 0 Å². The van der Waals surface area contributed by atoms with E-state index < -0.39 is 11.9 Å². The van der Waals surface area contributed by atoms with E-state index in [9.17, 15) is 9.59 Å². The largest absolute Gasteiger partial charge is 0.497 e. The molecule has 1 aromatic heterocycles. The molecule has 1 heterocycles. The van der Waals surface area contributed by atoms with Crippen molar-refractivity contribution in [2.24, 2.45) is 0 Å².